The van der Waals surface area contributed by atoms with Gasteiger partial charge in [0.2, 0.25) is 0 Å². The molecule has 4 aromatic rings. The summed E-state index contributed by atoms with van der Waals surface area (Å²) in [7, 11) is 0. The van der Waals surface area contributed by atoms with E-state index in [0.29, 0.717) is 35.6 Å². The Morgan fingerprint density at radius 2 is 1.71 bits per heavy atom. The van der Waals surface area contributed by atoms with Crippen LogP contribution >= 0.6 is 11.6 Å². The summed E-state index contributed by atoms with van der Waals surface area (Å²) in [4.78, 5) is 22.5. The highest BCUT2D eigenvalue weighted by atomic mass is 35.5. The summed E-state index contributed by atoms with van der Waals surface area (Å²) < 4.78 is 7.82. The lowest BCUT2D eigenvalue weighted by atomic mass is 10.1. The van der Waals surface area contributed by atoms with E-state index in [4.69, 9.17) is 27.2 Å². The monoisotopic (exact) mass is 474 g/mol. The largest absolute Gasteiger partial charge is 0.457 e. The molecule has 1 saturated heterocycles. The summed E-state index contributed by atoms with van der Waals surface area (Å²) in [6.45, 7) is 4.68. The number of ether oxygens (including phenoxy) is 1. The molecule has 2 aromatic carbocycles. The van der Waals surface area contributed by atoms with Crippen LogP contribution in [0.3, 0.4) is 0 Å². The minimum Gasteiger partial charge on any atom is -0.457 e. The summed E-state index contributed by atoms with van der Waals surface area (Å²) in [6.07, 6.45) is 2.90. The molecule has 0 saturated carbocycles. The van der Waals surface area contributed by atoms with Crippen molar-refractivity contribution in [3.05, 3.63) is 72.5 Å². The number of rotatable bonds is 5. The van der Waals surface area contributed by atoms with Crippen molar-refractivity contribution in [3.63, 3.8) is 0 Å². The van der Waals surface area contributed by atoms with E-state index in [1.54, 1.807) is 4.90 Å². The van der Waals surface area contributed by atoms with E-state index < -0.39 is 0 Å². The molecule has 1 aliphatic heterocycles. The van der Waals surface area contributed by atoms with Crippen LogP contribution in [0.25, 0.3) is 22.3 Å². The molecule has 34 heavy (non-hydrogen) atoms. The number of benzene rings is 2. The topological polar surface area (TPSA) is 99.2 Å². The molecule has 0 unspecified atom stereocenters. The van der Waals surface area contributed by atoms with Crippen molar-refractivity contribution >= 4 is 34.4 Å². The number of aromatic nitrogens is 4. The molecule has 9 heteroatoms. The highest BCUT2D eigenvalue weighted by Crippen LogP contribution is 2.35. The van der Waals surface area contributed by atoms with Crippen LogP contribution < -0.4 is 10.5 Å². The van der Waals surface area contributed by atoms with Gasteiger partial charge < -0.3 is 15.4 Å². The third-order valence-corrected chi connectivity index (χ3v) is 6.12. The van der Waals surface area contributed by atoms with E-state index in [0.717, 1.165) is 29.9 Å². The zero-order chi connectivity index (χ0) is 23.7. The molecule has 2 aromatic heterocycles. The van der Waals surface area contributed by atoms with Gasteiger partial charge in [0.25, 0.3) is 5.91 Å². The third kappa shape index (κ3) is 4.20. The van der Waals surface area contributed by atoms with E-state index in [1.807, 2.05) is 59.3 Å². The normalized spacial score (nSPS) is 14.3. The van der Waals surface area contributed by atoms with Gasteiger partial charge >= 0.3 is 0 Å². The number of amides is 1. The van der Waals surface area contributed by atoms with Crippen molar-refractivity contribution in [1.29, 1.82) is 0 Å². The average molecular weight is 475 g/mol. The number of fused-ring (bicyclic) bond motifs is 1. The Balaban J connectivity index is 1.44. The smallest absolute Gasteiger partial charge is 0.264 e. The van der Waals surface area contributed by atoms with E-state index in [-0.39, 0.29) is 17.0 Å². The molecule has 0 spiro atoms. The number of anilines is 1. The highest BCUT2D eigenvalue weighted by molar-refractivity contribution is 6.41. The van der Waals surface area contributed by atoms with Crippen LogP contribution in [-0.2, 0) is 4.79 Å². The number of nitrogens with zero attached hydrogens (tertiary/aromatic N) is 5. The SMILES string of the molecule is C=C(Cl)C(=O)N1CCC(n2nc(-c3ccc(Oc4ccccc4)cc3)c3c(N)ncnc32)CC1. The Labute approximate surface area is 201 Å². The van der Waals surface area contributed by atoms with E-state index in [1.165, 1.54) is 6.33 Å². The fraction of sp³-hybridized carbons (Fsp3) is 0.200. The van der Waals surface area contributed by atoms with Crippen molar-refractivity contribution in [3.8, 4) is 22.8 Å². The Morgan fingerprint density at radius 3 is 2.38 bits per heavy atom. The molecular formula is C25H23ClN6O2. The second kappa shape index (κ2) is 9.15. The molecule has 3 heterocycles. The number of piperidine rings is 1. The minimum atomic E-state index is -0.226. The van der Waals surface area contributed by atoms with Gasteiger partial charge in [0, 0.05) is 18.7 Å². The van der Waals surface area contributed by atoms with Crippen molar-refractivity contribution in [2.24, 2.45) is 0 Å². The number of hydrogen-bond acceptors (Lipinski definition) is 6. The molecule has 1 fully saturated rings. The van der Waals surface area contributed by atoms with Gasteiger partial charge in [0.15, 0.2) is 5.65 Å². The molecule has 0 radical (unpaired) electrons. The second-order valence-corrected chi connectivity index (χ2v) is 8.57. The quantitative estimate of drug-likeness (QED) is 0.418. The lowest BCUT2D eigenvalue weighted by Crippen LogP contribution is -2.39. The zero-order valence-corrected chi connectivity index (χ0v) is 19.2. The maximum absolute atomic E-state index is 12.2. The Morgan fingerprint density at radius 1 is 1.03 bits per heavy atom. The van der Waals surface area contributed by atoms with Crippen LogP contribution in [0.15, 0.2) is 72.5 Å². The van der Waals surface area contributed by atoms with Gasteiger partial charge in [-0.05, 0) is 49.2 Å². The molecule has 0 atom stereocenters. The summed E-state index contributed by atoms with van der Waals surface area (Å²) >= 11 is 5.80. The number of likely N-dealkylation sites (tertiary alicyclic amines) is 1. The van der Waals surface area contributed by atoms with Crippen LogP contribution in [0.2, 0.25) is 0 Å². The number of hydrogen-bond donors (Lipinski definition) is 1. The van der Waals surface area contributed by atoms with E-state index in [2.05, 4.69) is 16.5 Å². The van der Waals surface area contributed by atoms with Crippen LogP contribution in [0.5, 0.6) is 11.5 Å². The molecular weight excluding hydrogens is 452 g/mol. The van der Waals surface area contributed by atoms with Crippen LogP contribution in [0.4, 0.5) is 5.82 Å². The molecule has 8 nitrogen and oxygen atoms in total. The van der Waals surface area contributed by atoms with E-state index in [9.17, 15) is 4.79 Å². The molecule has 172 valence electrons. The Hall–Kier alpha value is -3.91. The lowest BCUT2D eigenvalue weighted by Gasteiger charge is -2.32. The van der Waals surface area contributed by atoms with E-state index >= 15 is 0 Å². The molecule has 5 rings (SSSR count). The second-order valence-electron chi connectivity index (χ2n) is 8.12. The first-order valence-electron chi connectivity index (χ1n) is 11.0. The Bertz CT molecular complexity index is 1350. The maximum Gasteiger partial charge on any atom is 0.264 e. The van der Waals surface area contributed by atoms with Crippen molar-refractivity contribution in [2.75, 3.05) is 18.8 Å². The van der Waals surface area contributed by atoms with Crippen molar-refractivity contribution in [1.82, 2.24) is 24.6 Å². The molecule has 2 N–H and O–H groups in total. The van der Waals surface area contributed by atoms with Gasteiger partial charge in [-0.1, -0.05) is 36.4 Å². The van der Waals surface area contributed by atoms with Crippen molar-refractivity contribution in [2.45, 2.75) is 18.9 Å². The predicted octanol–water partition coefficient (Wildman–Crippen LogP) is 4.78. The standard InChI is InChI=1S/C25H23ClN6O2/c1-16(26)25(33)31-13-11-18(12-14-31)32-24-21(23(27)28-15-29-24)22(30-32)17-7-9-20(10-8-17)34-19-5-3-2-4-6-19/h2-10,15,18H,1,11-14H2,(H2,27,28,29). The van der Waals surface area contributed by atoms with Gasteiger partial charge in [-0.2, -0.15) is 5.10 Å². The highest BCUT2D eigenvalue weighted by Gasteiger charge is 2.28. The van der Waals surface area contributed by atoms with Gasteiger partial charge in [0.05, 0.1) is 16.5 Å². The lowest BCUT2D eigenvalue weighted by molar-refractivity contribution is -0.127. The molecule has 0 bridgehead atoms. The first-order chi connectivity index (χ1) is 16.5. The molecule has 1 amide bonds. The fourth-order valence-corrected chi connectivity index (χ4v) is 4.36. The fourth-order valence-electron chi connectivity index (χ4n) is 4.24. The minimum absolute atomic E-state index is 0.0329. The van der Waals surface area contributed by atoms with Gasteiger partial charge in [-0.15, -0.1) is 0 Å². The van der Waals surface area contributed by atoms with Crippen LogP contribution in [0.1, 0.15) is 18.9 Å². The zero-order valence-electron chi connectivity index (χ0n) is 18.4. The first-order valence-corrected chi connectivity index (χ1v) is 11.3. The average Bonchev–Trinajstić information content (AvgIpc) is 3.26. The van der Waals surface area contributed by atoms with Crippen molar-refractivity contribution < 1.29 is 9.53 Å². The number of nitrogens with two attached hydrogens (primary N) is 1. The molecule has 0 aliphatic carbocycles. The number of nitrogen functional groups attached to an aromatic ring is 1. The summed E-state index contributed by atoms with van der Waals surface area (Å²) in [6, 6.07) is 17.4. The van der Waals surface area contributed by atoms with Crippen LogP contribution in [-0.4, -0.2) is 43.6 Å². The summed E-state index contributed by atoms with van der Waals surface area (Å²) in [5.41, 5.74) is 8.54. The summed E-state index contributed by atoms with van der Waals surface area (Å²) in [5.74, 6) is 1.64. The number of carbonyl (C=O) groups excluding carboxylic acids is 1. The predicted molar refractivity (Wildman–Crippen MR) is 132 cm³/mol. The van der Waals surface area contributed by atoms with Gasteiger partial charge in [-0.25, -0.2) is 14.6 Å². The molecule has 1 aliphatic rings. The first kappa shape index (κ1) is 21.9. The van der Waals surface area contributed by atoms with Gasteiger partial charge in [0.1, 0.15) is 29.3 Å². The number of halogens is 1. The van der Waals surface area contributed by atoms with Crippen LogP contribution in [0, 0.1) is 0 Å². The number of para-hydroxylation sites is 1. The summed E-state index contributed by atoms with van der Waals surface area (Å²) in [5, 5.41) is 5.66. The maximum atomic E-state index is 12.2. The Kier molecular flexibility index (Phi) is 5.90. The third-order valence-electron chi connectivity index (χ3n) is 5.95. The number of carbonyl (C=O) groups is 1. The van der Waals surface area contributed by atoms with Gasteiger partial charge in [-0.3, -0.25) is 4.79 Å².